The average molecular weight is 285 g/mol. The van der Waals surface area contributed by atoms with Gasteiger partial charge in [0, 0.05) is 11.6 Å². The summed E-state index contributed by atoms with van der Waals surface area (Å²) in [6.07, 6.45) is 1.74. The number of halogens is 1. The Hall–Kier alpha value is -1.46. The van der Waals surface area contributed by atoms with Crippen LogP contribution in [0, 0.1) is 0 Å². The van der Waals surface area contributed by atoms with Crippen LogP contribution in [0.1, 0.15) is 12.8 Å². The summed E-state index contributed by atoms with van der Waals surface area (Å²) in [5.41, 5.74) is 0.531. The molecule has 0 radical (unpaired) electrons. The van der Waals surface area contributed by atoms with Gasteiger partial charge in [-0.05, 0) is 31.0 Å². The van der Waals surface area contributed by atoms with Crippen molar-refractivity contribution in [2.24, 2.45) is 0 Å². The number of ether oxygens (including phenoxy) is 1. The summed E-state index contributed by atoms with van der Waals surface area (Å²) in [7, 11) is 1.53. The lowest BCUT2D eigenvalue weighted by atomic mass is 10.2. The quantitative estimate of drug-likeness (QED) is 0.895. The van der Waals surface area contributed by atoms with Crippen molar-refractivity contribution in [3.05, 3.63) is 23.2 Å². The van der Waals surface area contributed by atoms with Gasteiger partial charge in [0.05, 0.1) is 25.4 Å². The van der Waals surface area contributed by atoms with Gasteiger partial charge in [-0.15, -0.1) is 0 Å². The summed E-state index contributed by atoms with van der Waals surface area (Å²) in [5.74, 6) is 0.553. The van der Waals surface area contributed by atoms with Gasteiger partial charge in [-0.1, -0.05) is 11.6 Å². The van der Waals surface area contributed by atoms with Crippen LogP contribution in [-0.4, -0.2) is 42.3 Å². The van der Waals surface area contributed by atoms with Gasteiger partial charge in [0.2, 0.25) is 0 Å². The van der Waals surface area contributed by atoms with Gasteiger partial charge in [-0.2, -0.15) is 0 Å². The van der Waals surface area contributed by atoms with E-state index in [-0.39, 0.29) is 18.7 Å². The van der Waals surface area contributed by atoms with Gasteiger partial charge in [0.15, 0.2) is 0 Å². The molecule has 5 nitrogen and oxygen atoms in total. The minimum absolute atomic E-state index is 0.0138. The summed E-state index contributed by atoms with van der Waals surface area (Å²) in [5, 5.41) is 12.5. The minimum Gasteiger partial charge on any atom is -0.495 e. The first-order chi connectivity index (χ1) is 9.15. The monoisotopic (exact) mass is 284 g/mol. The molecule has 0 bridgehead atoms. The van der Waals surface area contributed by atoms with Crippen molar-refractivity contribution in [1.29, 1.82) is 0 Å². The van der Waals surface area contributed by atoms with E-state index in [1.165, 1.54) is 7.11 Å². The van der Waals surface area contributed by atoms with Gasteiger partial charge < -0.3 is 20.1 Å². The largest absolute Gasteiger partial charge is 0.495 e. The van der Waals surface area contributed by atoms with Crippen LogP contribution in [0.3, 0.4) is 0 Å². The molecule has 1 atom stereocenters. The number of carbonyl (C=O) groups excluding carboxylic acids is 1. The second kappa shape index (κ2) is 6.12. The number of amides is 2. The molecule has 1 heterocycles. The molecule has 1 aromatic rings. The van der Waals surface area contributed by atoms with E-state index in [1.54, 1.807) is 23.1 Å². The summed E-state index contributed by atoms with van der Waals surface area (Å²) >= 11 is 5.91. The van der Waals surface area contributed by atoms with E-state index in [1.807, 2.05) is 0 Å². The SMILES string of the molecule is COc1ccc(Cl)cc1NC(=O)N1CCCC1CO. The molecule has 19 heavy (non-hydrogen) atoms. The second-order valence-corrected chi connectivity index (χ2v) is 4.88. The fraction of sp³-hybridized carbons (Fsp3) is 0.462. The predicted octanol–water partition coefficient (Wildman–Crippen LogP) is 2.34. The van der Waals surface area contributed by atoms with Crippen LogP contribution in [0.4, 0.5) is 10.5 Å². The van der Waals surface area contributed by atoms with E-state index in [0.717, 1.165) is 12.8 Å². The lowest BCUT2D eigenvalue weighted by Crippen LogP contribution is -2.40. The maximum atomic E-state index is 12.2. The molecule has 1 unspecified atom stereocenters. The Kier molecular flexibility index (Phi) is 4.50. The van der Waals surface area contributed by atoms with Crippen LogP contribution in [0.15, 0.2) is 18.2 Å². The van der Waals surface area contributed by atoms with Crippen molar-refractivity contribution in [1.82, 2.24) is 4.90 Å². The fourth-order valence-corrected chi connectivity index (χ4v) is 2.43. The number of nitrogens with one attached hydrogen (secondary N) is 1. The van der Waals surface area contributed by atoms with Crippen LogP contribution in [-0.2, 0) is 0 Å². The number of rotatable bonds is 3. The summed E-state index contributed by atoms with van der Waals surface area (Å²) in [6.45, 7) is 0.639. The smallest absolute Gasteiger partial charge is 0.322 e. The lowest BCUT2D eigenvalue weighted by Gasteiger charge is -2.23. The number of carbonyl (C=O) groups is 1. The van der Waals surface area contributed by atoms with E-state index in [4.69, 9.17) is 16.3 Å². The third-order valence-corrected chi connectivity index (χ3v) is 3.49. The molecule has 0 saturated carbocycles. The highest BCUT2D eigenvalue weighted by Gasteiger charge is 2.28. The van der Waals surface area contributed by atoms with Gasteiger partial charge in [0.1, 0.15) is 5.75 Å². The fourth-order valence-electron chi connectivity index (χ4n) is 2.26. The number of aliphatic hydroxyl groups is 1. The summed E-state index contributed by atoms with van der Waals surface area (Å²) in [6, 6.07) is 4.69. The van der Waals surface area contributed by atoms with Gasteiger partial charge in [-0.25, -0.2) is 4.79 Å². The molecule has 2 amide bonds. The van der Waals surface area contributed by atoms with Gasteiger partial charge >= 0.3 is 6.03 Å². The topological polar surface area (TPSA) is 61.8 Å². The minimum atomic E-state index is -0.239. The molecular weight excluding hydrogens is 268 g/mol. The summed E-state index contributed by atoms with van der Waals surface area (Å²) < 4.78 is 5.18. The van der Waals surface area contributed by atoms with Crippen molar-refractivity contribution in [2.75, 3.05) is 25.6 Å². The van der Waals surface area contributed by atoms with Crippen LogP contribution in [0.25, 0.3) is 0 Å². The van der Waals surface area contributed by atoms with Crippen LogP contribution < -0.4 is 10.1 Å². The van der Waals surface area contributed by atoms with E-state index < -0.39 is 0 Å². The molecule has 0 spiro atoms. The number of methoxy groups -OCH3 is 1. The maximum absolute atomic E-state index is 12.2. The molecule has 6 heteroatoms. The molecular formula is C13H17ClN2O3. The highest BCUT2D eigenvalue weighted by molar-refractivity contribution is 6.31. The molecule has 0 aliphatic carbocycles. The number of hydrogen-bond donors (Lipinski definition) is 2. The number of benzene rings is 1. The van der Waals surface area contributed by atoms with Gasteiger partial charge in [-0.3, -0.25) is 0 Å². The van der Waals surface area contributed by atoms with Crippen LogP contribution in [0.2, 0.25) is 5.02 Å². The molecule has 1 aromatic carbocycles. The van der Waals surface area contributed by atoms with Crippen molar-refractivity contribution >= 4 is 23.3 Å². The lowest BCUT2D eigenvalue weighted by molar-refractivity contribution is 0.166. The normalized spacial score (nSPS) is 18.5. The van der Waals surface area contributed by atoms with Crippen molar-refractivity contribution in [3.63, 3.8) is 0 Å². The van der Waals surface area contributed by atoms with Gasteiger partial charge in [0.25, 0.3) is 0 Å². The Labute approximate surface area is 117 Å². The van der Waals surface area contributed by atoms with E-state index in [9.17, 15) is 9.90 Å². The van der Waals surface area contributed by atoms with E-state index in [2.05, 4.69) is 5.32 Å². The molecule has 1 aliphatic rings. The first-order valence-corrected chi connectivity index (χ1v) is 6.55. The third-order valence-electron chi connectivity index (χ3n) is 3.25. The number of anilines is 1. The molecule has 1 fully saturated rings. The molecule has 104 valence electrons. The van der Waals surface area contributed by atoms with Crippen molar-refractivity contribution < 1.29 is 14.6 Å². The first kappa shape index (κ1) is 14.0. The Morgan fingerprint density at radius 1 is 1.63 bits per heavy atom. The Morgan fingerprint density at radius 3 is 3.11 bits per heavy atom. The Bertz CT molecular complexity index is 467. The van der Waals surface area contributed by atoms with Crippen LogP contribution >= 0.6 is 11.6 Å². The molecule has 0 aromatic heterocycles. The standard InChI is InChI=1S/C13H17ClN2O3/c1-19-12-5-4-9(14)7-11(12)15-13(18)16-6-2-3-10(16)8-17/h4-5,7,10,17H,2-3,6,8H2,1H3,(H,15,18). The first-order valence-electron chi connectivity index (χ1n) is 6.17. The predicted molar refractivity (Wildman–Crippen MR) is 73.8 cm³/mol. The summed E-state index contributed by atoms with van der Waals surface area (Å²) in [4.78, 5) is 13.8. The van der Waals surface area contributed by atoms with Crippen LogP contribution in [0.5, 0.6) is 5.75 Å². The zero-order valence-electron chi connectivity index (χ0n) is 10.7. The van der Waals surface area contributed by atoms with Crippen molar-refractivity contribution in [2.45, 2.75) is 18.9 Å². The molecule has 2 rings (SSSR count). The number of urea groups is 1. The second-order valence-electron chi connectivity index (χ2n) is 4.45. The number of nitrogens with zero attached hydrogens (tertiary/aromatic N) is 1. The van der Waals surface area contributed by atoms with Crippen molar-refractivity contribution in [3.8, 4) is 5.75 Å². The number of likely N-dealkylation sites (tertiary alicyclic amines) is 1. The zero-order valence-corrected chi connectivity index (χ0v) is 11.5. The molecule has 1 saturated heterocycles. The zero-order chi connectivity index (χ0) is 13.8. The Morgan fingerprint density at radius 2 is 2.42 bits per heavy atom. The highest BCUT2D eigenvalue weighted by atomic mass is 35.5. The number of hydrogen-bond acceptors (Lipinski definition) is 3. The Balaban J connectivity index is 2.12. The molecule has 2 N–H and O–H groups in total. The molecule has 1 aliphatic heterocycles. The third kappa shape index (κ3) is 3.11. The van der Waals surface area contributed by atoms with E-state index in [0.29, 0.717) is 23.0 Å². The average Bonchev–Trinajstić information content (AvgIpc) is 2.87. The van der Waals surface area contributed by atoms with E-state index >= 15 is 0 Å². The number of aliphatic hydroxyl groups excluding tert-OH is 1. The highest BCUT2D eigenvalue weighted by Crippen LogP contribution is 2.28. The maximum Gasteiger partial charge on any atom is 0.322 e.